The molecule has 11 nitrogen and oxygen atoms in total. The Morgan fingerprint density at radius 3 is 2.75 bits per heavy atom. The second-order valence-corrected chi connectivity index (χ2v) is 12.8. The van der Waals surface area contributed by atoms with Gasteiger partial charge in [0.1, 0.15) is 12.7 Å². The number of aryl methyl sites for hydroxylation is 1. The zero-order valence-electron chi connectivity index (χ0n) is 24.4. The largest absolute Gasteiger partial charge is 0.458 e. The predicted molar refractivity (Wildman–Crippen MR) is 164 cm³/mol. The van der Waals surface area contributed by atoms with Gasteiger partial charge in [0.2, 0.25) is 5.91 Å². The van der Waals surface area contributed by atoms with Gasteiger partial charge in [-0.3, -0.25) is 9.59 Å². The SMILES string of the molecule is C=C1C(O)O[C@H]2[C@H]1CC/C(COC(=O)/C=C\C(=O)NCc1ccc(Cn3c(=O)sn(CCCl)c3=O)cc1)=C\CC[C@@]1(C)O[C@@H]21. The molecule has 1 amide bonds. The van der Waals surface area contributed by atoms with Crippen molar-refractivity contribution in [1.82, 2.24) is 13.8 Å². The predicted octanol–water partition coefficient (Wildman–Crippen LogP) is 2.62. The number of aromatic nitrogens is 2. The number of hydrogen-bond acceptors (Lipinski definition) is 9. The summed E-state index contributed by atoms with van der Waals surface area (Å²) in [6.45, 7) is 6.81. The van der Waals surface area contributed by atoms with Crippen molar-refractivity contribution in [3.8, 4) is 0 Å². The lowest BCUT2D eigenvalue weighted by Gasteiger charge is -2.20. The molecular weight excluding hydrogens is 610 g/mol. The first-order chi connectivity index (χ1) is 21.1. The molecule has 236 valence electrons. The lowest BCUT2D eigenvalue weighted by atomic mass is 9.84. The van der Waals surface area contributed by atoms with Crippen LogP contribution in [0.3, 0.4) is 0 Å². The third-order valence-electron chi connectivity index (χ3n) is 8.31. The number of ether oxygens (including phenoxy) is 3. The van der Waals surface area contributed by atoms with Gasteiger partial charge < -0.3 is 24.6 Å². The van der Waals surface area contributed by atoms with E-state index in [0.29, 0.717) is 18.4 Å². The third kappa shape index (κ3) is 7.49. The Morgan fingerprint density at radius 1 is 1.25 bits per heavy atom. The molecule has 3 heterocycles. The van der Waals surface area contributed by atoms with Crippen LogP contribution in [-0.4, -0.2) is 62.1 Å². The number of carbonyl (C=O) groups is 2. The molecule has 2 fully saturated rings. The average Bonchev–Trinajstić information content (AvgIpc) is 3.50. The van der Waals surface area contributed by atoms with Crippen LogP contribution in [0.5, 0.6) is 0 Å². The molecule has 2 saturated heterocycles. The summed E-state index contributed by atoms with van der Waals surface area (Å²) in [6.07, 6.45) is 5.92. The zero-order valence-corrected chi connectivity index (χ0v) is 26.0. The van der Waals surface area contributed by atoms with E-state index in [2.05, 4.69) is 18.0 Å². The lowest BCUT2D eigenvalue weighted by molar-refractivity contribution is -0.137. The van der Waals surface area contributed by atoms with E-state index in [0.717, 1.165) is 57.8 Å². The molecule has 2 aromatic rings. The van der Waals surface area contributed by atoms with Gasteiger partial charge in [-0.25, -0.2) is 18.1 Å². The second kappa shape index (κ2) is 13.8. The molecule has 1 aromatic heterocycles. The van der Waals surface area contributed by atoms with Crippen LogP contribution >= 0.6 is 23.1 Å². The highest BCUT2D eigenvalue weighted by molar-refractivity contribution is 7.03. The van der Waals surface area contributed by atoms with Crippen LogP contribution in [-0.2, 0) is 43.4 Å². The van der Waals surface area contributed by atoms with Gasteiger partial charge >= 0.3 is 16.5 Å². The molecule has 5 atom stereocenters. The van der Waals surface area contributed by atoms with Crippen LogP contribution in [0.25, 0.3) is 0 Å². The first-order valence-electron chi connectivity index (χ1n) is 14.5. The van der Waals surface area contributed by atoms with Gasteiger partial charge in [-0.2, -0.15) is 0 Å². The number of aliphatic hydroxyl groups is 1. The summed E-state index contributed by atoms with van der Waals surface area (Å²) >= 11 is 6.53. The second-order valence-electron chi connectivity index (χ2n) is 11.4. The van der Waals surface area contributed by atoms with Crippen LogP contribution in [0, 0.1) is 5.92 Å². The van der Waals surface area contributed by atoms with Crippen molar-refractivity contribution in [2.75, 3.05) is 12.5 Å². The summed E-state index contributed by atoms with van der Waals surface area (Å²) in [7, 11) is 0. The van der Waals surface area contributed by atoms with Crippen molar-refractivity contribution in [2.24, 2.45) is 5.92 Å². The molecule has 13 heteroatoms. The molecule has 2 N–H and O–H groups in total. The van der Waals surface area contributed by atoms with Gasteiger partial charge in [0.25, 0.3) is 0 Å². The van der Waals surface area contributed by atoms with Crippen molar-refractivity contribution in [3.63, 3.8) is 0 Å². The molecule has 3 aliphatic rings. The third-order valence-corrected chi connectivity index (χ3v) is 9.41. The van der Waals surface area contributed by atoms with Crippen molar-refractivity contribution in [2.45, 2.75) is 76.3 Å². The van der Waals surface area contributed by atoms with Crippen LogP contribution in [0.2, 0.25) is 0 Å². The number of benzene rings is 1. The number of halogens is 1. The zero-order chi connectivity index (χ0) is 31.4. The molecule has 44 heavy (non-hydrogen) atoms. The van der Waals surface area contributed by atoms with Gasteiger partial charge in [0, 0.05) is 42.0 Å². The fraction of sp³-hybridized carbons (Fsp3) is 0.484. The molecule has 0 saturated carbocycles. The van der Waals surface area contributed by atoms with Gasteiger partial charge in [-0.1, -0.05) is 36.9 Å². The number of esters is 1. The molecule has 1 unspecified atom stereocenters. The van der Waals surface area contributed by atoms with E-state index in [1.807, 2.05) is 6.92 Å². The molecule has 0 radical (unpaired) electrons. The summed E-state index contributed by atoms with van der Waals surface area (Å²) < 4.78 is 19.6. The molecular formula is C31H36ClN3O8S. The van der Waals surface area contributed by atoms with Gasteiger partial charge in [0.05, 0.1) is 24.8 Å². The summed E-state index contributed by atoms with van der Waals surface area (Å²) in [6, 6.07) is 7.15. The van der Waals surface area contributed by atoms with Crippen LogP contribution in [0.15, 0.2) is 69.8 Å². The summed E-state index contributed by atoms with van der Waals surface area (Å²) in [5.74, 6) is -0.883. The minimum Gasteiger partial charge on any atom is -0.458 e. The minimum absolute atomic E-state index is 0.0430. The molecule has 0 bridgehead atoms. The smallest absolute Gasteiger partial charge is 0.341 e. The van der Waals surface area contributed by atoms with Crippen molar-refractivity contribution >= 4 is 35.0 Å². The Balaban J connectivity index is 1.07. The number of nitrogens with zero attached hydrogens (tertiary/aromatic N) is 2. The number of epoxide rings is 1. The quantitative estimate of drug-likeness (QED) is 0.132. The van der Waals surface area contributed by atoms with E-state index in [9.17, 15) is 24.3 Å². The van der Waals surface area contributed by atoms with Crippen LogP contribution < -0.4 is 15.9 Å². The summed E-state index contributed by atoms with van der Waals surface area (Å²) in [5.41, 5.74) is 2.49. The highest BCUT2D eigenvalue weighted by atomic mass is 35.5. The van der Waals surface area contributed by atoms with Crippen molar-refractivity contribution < 1.29 is 28.9 Å². The van der Waals surface area contributed by atoms with E-state index in [1.54, 1.807) is 24.3 Å². The molecule has 1 aromatic carbocycles. The van der Waals surface area contributed by atoms with E-state index in [1.165, 1.54) is 3.96 Å². The van der Waals surface area contributed by atoms with E-state index in [-0.39, 0.29) is 66.4 Å². The Labute approximate surface area is 263 Å². The average molecular weight is 646 g/mol. The topological polar surface area (TPSA) is 141 Å². The fourth-order valence-corrected chi connectivity index (χ4v) is 6.72. The molecule has 5 rings (SSSR count). The van der Waals surface area contributed by atoms with Crippen molar-refractivity contribution in [3.05, 3.63) is 91.5 Å². The normalized spacial score (nSPS) is 27.7. The number of nitrogens with one attached hydrogen (secondary N) is 1. The molecule has 1 aliphatic carbocycles. The standard InChI is InChI=1S/C31H36ClN3O8S/c1-19-23-10-9-22(4-3-13-31(2)27(43-31)26(23)42-28(19)38)18-41-25(37)12-11-24(36)33-16-20-5-7-21(8-6-20)17-34-29(39)35(15-14-32)44-30(34)40/h4-8,11-12,23,26-28,38H,1,3,9-10,13-18H2,2H3,(H,33,36)/b12-11-,22-4+/t23-,26-,27-,28?,31+/m0/s1. The Bertz CT molecular complexity index is 1580. The summed E-state index contributed by atoms with van der Waals surface area (Å²) in [5, 5.41) is 12.9. The maximum Gasteiger partial charge on any atom is 0.341 e. The number of alkyl halides is 1. The Morgan fingerprint density at radius 2 is 2.00 bits per heavy atom. The van der Waals surface area contributed by atoms with Crippen LogP contribution in [0.4, 0.5) is 0 Å². The number of amides is 1. The Kier molecular flexibility index (Phi) is 10.1. The maximum absolute atomic E-state index is 12.4. The highest BCUT2D eigenvalue weighted by Crippen LogP contribution is 2.50. The number of fused-ring (bicyclic) bond motifs is 3. The monoisotopic (exact) mass is 645 g/mol. The number of hydrogen-bond donors (Lipinski definition) is 2. The Hall–Kier alpha value is -3.29. The first-order valence-corrected chi connectivity index (χ1v) is 15.8. The first kappa shape index (κ1) is 32.1. The molecule has 2 aliphatic heterocycles. The molecule has 0 spiro atoms. The summed E-state index contributed by atoms with van der Waals surface area (Å²) in [4.78, 5) is 48.8. The lowest BCUT2D eigenvalue weighted by Crippen LogP contribution is -2.29. The number of aliphatic hydroxyl groups excluding tert-OH is 1. The number of rotatable bonds is 10. The van der Waals surface area contributed by atoms with Crippen LogP contribution in [0.1, 0.15) is 43.7 Å². The number of allylic oxidation sites excluding steroid dienone is 1. The van der Waals surface area contributed by atoms with Gasteiger partial charge in [-0.05, 0) is 54.9 Å². The fourth-order valence-electron chi connectivity index (χ4n) is 5.66. The number of carbonyl (C=O) groups excluding carboxylic acids is 2. The van der Waals surface area contributed by atoms with Gasteiger partial charge in [0.15, 0.2) is 6.29 Å². The maximum atomic E-state index is 12.4. The van der Waals surface area contributed by atoms with Gasteiger partial charge in [-0.15, -0.1) is 11.6 Å². The van der Waals surface area contributed by atoms with E-state index in [4.69, 9.17) is 25.8 Å². The minimum atomic E-state index is -0.994. The van der Waals surface area contributed by atoms with E-state index < -0.39 is 18.2 Å². The van der Waals surface area contributed by atoms with Crippen molar-refractivity contribution in [1.29, 1.82) is 0 Å². The highest BCUT2D eigenvalue weighted by Gasteiger charge is 2.60. The van der Waals surface area contributed by atoms with E-state index >= 15 is 0 Å².